The van der Waals surface area contributed by atoms with E-state index in [1.807, 2.05) is 6.92 Å². The van der Waals surface area contributed by atoms with E-state index in [-0.39, 0.29) is 12.5 Å². The molecule has 0 saturated carbocycles. The molecular weight excluding hydrogens is 216 g/mol. The Labute approximate surface area is 103 Å². The lowest BCUT2D eigenvalue weighted by Gasteiger charge is -2.40. The van der Waals surface area contributed by atoms with Gasteiger partial charge in [0.15, 0.2) is 0 Å². The van der Waals surface area contributed by atoms with Gasteiger partial charge in [0.2, 0.25) is 0 Å². The first-order chi connectivity index (χ1) is 8.04. The number of aliphatic hydroxyl groups excluding tert-OH is 3. The summed E-state index contributed by atoms with van der Waals surface area (Å²) in [7, 11) is 0. The molecule has 2 aliphatic carbocycles. The summed E-state index contributed by atoms with van der Waals surface area (Å²) >= 11 is 0. The van der Waals surface area contributed by atoms with Gasteiger partial charge in [0.25, 0.3) is 0 Å². The minimum absolute atomic E-state index is 0.0717. The Bertz CT molecular complexity index is 311. The summed E-state index contributed by atoms with van der Waals surface area (Å²) < 4.78 is 0. The lowest BCUT2D eigenvalue weighted by Crippen LogP contribution is -2.39. The van der Waals surface area contributed by atoms with E-state index in [4.69, 9.17) is 0 Å². The second-order valence-corrected chi connectivity index (χ2v) is 5.84. The fraction of sp³-hybridized carbons (Fsp3) is 0.857. The third-order valence-electron chi connectivity index (χ3n) is 4.76. The zero-order valence-corrected chi connectivity index (χ0v) is 10.8. The molecule has 0 unspecified atom stereocenters. The third-order valence-corrected chi connectivity index (χ3v) is 4.76. The van der Waals surface area contributed by atoms with Crippen LogP contribution in [0.1, 0.15) is 39.5 Å². The predicted molar refractivity (Wildman–Crippen MR) is 66.4 cm³/mol. The Balaban J connectivity index is 2.15. The summed E-state index contributed by atoms with van der Waals surface area (Å²) in [6.45, 7) is 4.34. The average Bonchev–Trinajstić information content (AvgIpc) is 2.35. The highest BCUT2D eigenvalue weighted by atomic mass is 16.3. The summed E-state index contributed by atoms with van der Waals surface area (Å²) in [4.78, 5) is 0. The first-order valence-corrected chi connectivity index (χ1v) is 6.72. The van der Waals surface area contributed by atoms with Crippen molar-refractivity contribution in [2.45, 2.75) is 51.7 Å². The van der Waals surface area contributed by atoms with Gasteiger partial charge >= 0.3 is 0 Å². The first-order valence-electron chi connectivity index (χ1n) is 6.72. The van der Waals surface area contributed by atoms with Crippen LogP contribution in [0.3, 0.4) is 0 Å². The van der Waals surface area contributed by atoms with Crippen molar-refractivity contribution >= 4 is 0 Å². The lowest BCUT2D eigenvalue weighted by atomic mass is 9.69. The highest BCUT2D eigenvalue weighted by Gasteiger charge is 2.37. The topological polar surface area (TPSA) is 60.7 Å². The number of aliphatic hydroxyl groups is 3. The van der Waals surface area contributed by atoms with Crippen molar-refractivity contribution in [3.63, 3.8) is 0 Å². The summed E-state index contributed by atoms with van der Waals surface area (Å²) in [5, 5.41) is 29.0. The molecule has 0 radical (unpaired) electrons. The van der Waals surface area contributed by atoms with Crippen molar-refractivity contribution in [2.75, 3.05) is 6.61 Å². The third kappa shape index (κ3) is 2.42. The van der Waals surface area contributed by atoms with Crippen molar-refractivity contribution in [3.8, 4) is 0 Å². The normalized spacial score (nSPS) is 40.1. The standard InChI is InChI=1S/C14H24O3/c1-8(7-15)10-3-4-11-6-13(16)14(17)9(2)12(11)5-10/h8-10,13-17H,3-7H2,1-2H3/t8-,9+,10-,13-,14-/m1/s1. The van der Waals surface area contributed by atoms with Crippen LogP contribution in [0.4, 0.5) is 0 Å². The molecule has 0 heterocycles. The second-order valence-electron chi connectivity index (χ2n) is 5.84. The fourth-order valence-corrected chi connectivity index (χ4v) is 3.34. The quantitative estimate of drug-likeness (QED) is 0.641. The summed E-state index contributed by atoms with van der Waals surface area (Å²) in [6.07, 6.45) is 2.56. The van der Waals surface area contributed by atoms with Crippen molar-refractivity contribution in [3.05, 3.63) is 11.1 Å². The lowest BCUT2D eigenvalue weighted by molar-refractivity contribution is -0.0155. The van der Waals surface area contributed by atoms with Gasteiger partial charge in [-0.3, -0.25) is 0 Å². The minimum Gasteiger partial charge on any atom is -0.396 e. The highest BCUT2D eigenvalue weighted by molar-refractivity contribution is 5.26. The van der Waals surface area contributed by atoms with Crippen molar-refractivity contribution < 1.29 is 15.3 Å². The van der Waals surface area contributed by atoms with Gasteiger partial charge in [0, 0.05) is 12.5 Å². The van der Waals surface area contributed by atoms with E-state index in [2.05, 4.69) is 6.92 Å². The molecule has 0 amide bonds. The molecule has 0 aromatic heterocycles. The predicted octanol–water partition coefficient (Wildman–Crippen LogP) is 1.47. The van der Waals surface area contributed by atoms with Crippen molar-refractivity contribution in [2.24, 2.45) is 17.8 Å². The van der Waals surface area contributed by atoms with E-state index in [0.29, 0.717) is 18.3 Å². The highest BCUT2D eigenvalue weighted by Crippen LogP contribution is 2.43. The van der Waals surface area contributed by atoms with E-state index in [1.165, 1.54) is 11.1 Å². The molecule has 0 aromatic rings. The number of hydrogen-bond donors (Lipinski definition) is 3. The van der Waals surface area contributed by atoms with Crippen LogP contribution in [-0.4, -0.2) is 34.1 Å². The smallest absolute Gasteiger partial charge is 0.0864 e. The maximum Gasteiger partial charge on any atom is 0.0864 e. The second kappa shape index (κ2) is 5.09. The maximum atomic E-state index is 9.93. The van der Waals surface area contributed by atoms with Gasteiger partial charge in [-0.25, -0.2) is 0 Å². The Morgan fingerprint density at radius 2 is 2.00 bits per heavy atom. The molecule has 5 atom stereocenters. The average molecular weight is 240 g/mol. The maximum absolute atomic E-state index is 9.93. The summed E-state index contributed by atoms with van der Waals surface area (Å²) in [6, 6.07) is 0. The minimum atomic E-state index is -0.614. The Kier molecular flexibility index (Phi) is 3.91. The SMILES string of the molecule is C[C@H](CO)[C@@H]1CCC2=C(C1)[C@H](C)[C@@H](O)[C@H](O)C2. The molecule has 3 nitrogen and oxygen atoms in total. The van der Waals surface area contributed by atoms with Crippen LogP contribution in [-0.2, 0) is 0 Å². The Morgan fingerprint density at radius 3 is 2.65 bits per heavy atom. The van der Waals surface area contributed by atoms with Crippen LogP contribution in [0.5, 0.6) is 0 Å². The molecule has 0 bridgehead atoms. The van der Waals surface area contributed by atoms with Crippen LogP contribution in [0.25, 0.3) is 0 Å². The monoisotopic (exact) mass is 240 g/mol. The molecule has 3 heteroatoms. The van der Waals surface area contributed by atoms with Crippen LogP contribution in [0.15, 0.2) is 11.1 Å². The van der Waals surface area contributed by atoms with Gasteiger partial charge in [0.05, 0.1) is 12.2 Å². The fourth-order valence-electron chi connectivity index (χ4n) is 3.34. The van der Waals surface area contributed by atoms with Crippen LogP contribution in [0, 0.1) is 17.8 Å². The van der Waals surface area contributed by atoms with Gasteiger partial charge in [-0.2, -0.15) is 0 Å². The Hall–Kier alpha value is -0.380. The van der Waals surface area contributed by atoms with Crippen LogP contribution < -0.4 is 0 Å². The van der Waals surface area contributed by atoms with E-state index in [0.717, 1.165) is 19.3 Å². The van der Waals surface area contributed by atoms with Gasteiger partial charge in [0.1, 0.15) is 0 Å². The summed E-state index contributed by atoms with van der Waals surface area (Å²) in [5.41, 5.74) is 2.70. The van der Waals surface area contributed by atoms with Crippen molar-refractivity contribution in [1.82, 2.24) is 0 Å². The molecule has 3 N–H and O–H groups in total. The Morgan fingerprint density at radius 1 is 1.29 bits per heavy atom. The molecule has 0 saturated heterocycles. The van der Waals surface area contributed by atoms with E-state index in [9.17, 15) is 15.3 Å². The van der Waals surface area contributed by atoms with Crippen LogP contribution in [0.2, 0.25) is 0 Å². The van der Waals surface area contributed by atoms with E-state index < -0.39 is 12.2 Å². The molecule has 0 aromatic carbocycles. The van der Waals surface area contributed by atoms with Gasteiger partial charge in [-0.05, 0) is 37.5 Å². The van der Waals surface area contributed by atoms with E-state index >= 15 is 0 Å². The zero-order chi connectivity index (χ0) is 12.6. The molecule has 2 rings (SSSR count). The molecule has 0 aliphatic heterocycles. The molecule has 98 valence electrons. The molecular formula is C14H24O3. The van der Waals surface area contributed by atoms with E-state index in [1.54, 1.807) is 0 Å². The number of rotatable bonds is 2. The molecule has 2 aliphatic rings. The largest absolute Gasteiger partial charge is 0.396 e. The first kappa shape index (κ1) is 13.1. The number of hydrogen-bond acceptors (Lipinski definition) is 3. The molecule has 0 spiro atoms. The van der Waals surface area contributed by atoms with Gasteiger partial charge in [-0.1, -0.05) is 25.0 Å². The zero-order valence-electron chi connectivity index (χ0n) is 10.8. The van der Waals surface area contributed by atoms with Gasteiger partial charge in [-0.15, -0.1) is 0 Å². The van der Waals surface area contributed by atoms with Crippen molar-refractivity contribution in [1.29, 1.82) is 0 Å². The molecule has 17 heavy (non-hydrogen) atoms. The van der Waals surface area contributed by atoms with Gasteiger partial charge < -0.3 is 15.3 Å². The summed E-state index contributed by atoms with van der Waals surface area (Å²) in [5.74, 6) is 0.936. The molecule has 0 fully saturated rings. The van der Waals surface area contributed by atoms with Crippen LogP contribution >= 0.6 is 0 Å².